The van der Waals surface area contributed by atoms with Gasteiger partial charge in [-0.25, -0.2) is 0 Å². The number of pyridine rings is 1. The summed E-state index contributed by atoms with van der Waals surface area (Å²) >= 11 is 0. The Morgan fingerprint density at radius 1 is 1.53 bits per heavy atom. The van der Waals surface area contributed by atoms with Crippen LogP contribution in [0, 0.1) is 6.92 Å². The van der Waals surface area contributed by atoms with E-state index >= 15 is 0 Å². The van der Waals surface area contributed by atoms with Crippen LogP contribution in [0.3, 0.4) is 0 Å². The van der Waals surface area contributed by atoms with Crippen molar-refractivity contribution in [2.24, 2.45) is 0 Å². The number of nitrogens with one attached hydrogen (secondary N) is 1. The van der Waals surface area contributed by atoms with Gasteiger partial charge in [-0.2, -0.15) is 0 Å². The van der Waals surface area contributed by atoms with Gasteiger partial charge in [0.2, 0.25) is 0 Å². The van der Waals surface area contributed by atoms with Crippen LogP contribution in [0.15, 0.2) is 18.5 Å². The molecule has 0 aliphatic heterocycles. The molecule has 0 amide bonds. The van der Waals surface area contributed by atoms with Gasteiger partial charge in [-0.15, -0.1) is 0 Å². The lowest BCUT2D eigenvalue weighted by Gasteiger charge is -2.16. The first-order valence-corrected chi connectivity index (χ1v) is 5.58. The van der Waals surface area contributed by atoms with Gasteiger partial charge in [0.1, 0.15) is 0 Å². The van der Waals surface area contributed by atoms with Crippen LogP contribution < -0.4 is 5.32 Å². The molecule has 1 fully saturated rings. The van der Waals surface area contributed by atoms with E-state index in [9.17, 15) is 5.11 Å². The van der Waals surface area contributed by atoms with E-state index in [0.29, 0.717) is 0 Å². The number of nitrogens with zero attached hydrogens (tertiary/aromatic N) is 1. The fourth-order valence-corrected chi connectivity index (χ4v) is 2.10. The van der Waals surface area contributed by atoms with Crippen molar-refractivity contribution in [2.45, 2.75) is 44.9 Å². The Hall–Kier alpha value is -0.930. The quantitative estimate of drug-likeness (QED) is 0.785. The zero-order valence-corrected chi connectivity index (χ0v) is 9.11. The van der Waals surface area contributed by atoms with Crippen molar-refractivity contribution >= 4 is 0 Å². The molecule has 0 unspecified atom stereocenters. The molecule has 0 saturated heterocycles. The van der Waals surface area contributed by atoms with Crippen molar-refractivity contribution in [2.75, 3.05) is 0 Å². The van der Waals surface area contributed by atoms with Crippen LogP contribution in [0.5, 0.6) is 0 Å². The Morgan fingerprint density at radius 3 is 3.07 bits per heavy atom. The van der Waals surface area contributed by atoms with Crippen LogP contribution in [0.25, 0.3) is 0 Å². The van der Waals surface area contributed by atoms with Gasteiger partial charge in [0.25, 0.3) is 0 Å². The van der Waals surface area contributed by atoms with Gasteiger partial charge in [-0.3, -0.25) is 4.98 Å². The molecule has 1 saturated carbocycles. The number of hydrogen-bond donors (Lipinski definition) is 2. The predicted octanol–water partition coefficient (Wildman–Crippen LogP) is 1.39. The van der Waals surface area contributed by atoms with Crippen molar-refractivity contribution in [1.29, 1.82) is 0 Å². The van der Waals surface area contributed by atoms with Gasteiger partial charge >= 0.3 is 0 Å². The molecule has 3 nitrogen and oxygen atoms in total. The Kier molecular flexibility index (Phi) is 3.34. The molecule has 0 bridgehead atoms. The molecule has 1 aliphatic rings. The summed E-state index contributed by atoms with van der Waals surface area (Å²) in [6.45, 7) is 2.89. The molecule has 0 spiro atoms. The van der Waals surface area contributed by atoms with Crippen molar-refractivity contribution in [3.63, 3.8) is 0 Å². The lowest BCUT2D eigenvalue weighted by molar-refractivity contribution is 0.148. The average molecular weight is 206 g/mol. The number of rotatable bonds is 3. The normalized spacial score (nSPS) is 25.7. The van der Waals surface area contributed by atoms with Crippen LogP contribution in [-0.2, 0) is 6.54 Å². The maximum absolute atomic E-state index is 9.66. The number of aliphatic hydroxyl groups excluding tert-OH is 1. The Labute approximate surface area is 90.5 Å². The molecule has 0 radical (unpaired) electrons. The molecule has 15 heavy (non-hydrogen) atoms. The van der Waals surface area contributed by atoms with Crippen molar-refractivity contribution in [1.82, 2.24) is 10.3 Å². The summed E-state index contributed by atoms with van der Waals surface area (Å²) in [6, 6.07) is 2.28. The van der Waals surface area contributed by atoms with E-state index < -0.39 is 0 Å². The van der Waals surface area contributed by atoms with E-state index in [4.69, 9.17) is 0 Å². The van der Waals surface area contributed by atoms with Crippen molar-refractivity contribution in [3.05, 3.63) is 29.6 Å². The smallest absolute Gasteiger partial charge is 0.0693 e. The van der Waals surface area contributed by atoms with Crippen LogP contribution in [0.4, 0.5) is 0 Å². The molecule has 2 rings (SSSR count). The summed E-state index contributed by atoms with van der Waals surface area (Å²) in [5, 5.41) is 13.1. The van der Waals surface area contributed by atoms with Crippen LogP contribution in [0.1, 0.15) is 30.4 Å². The second-order valence-electron chi connectivity index (χ2n) is 4.29. The maximum Gasteiger partial charge on any atom is 0.0693 e. The van der Waals surface area contributed by atoms with E-state index in [2.05, 4.69) is 17.2 Å². The highest BCUT2D eigenvalue weighted by Crippen LogP contribution is 2.19. The molecule has 1 heterocycles. The SMILES string of the molecule is Cc1ccncc1CN[C@H]1CCC[C@@H]1O. The largest absolute Gasteiger partial charge is 0.392 e. The molecule has 3 heteroatoms. The van der Waals surface area contributed by atoms with Crippen LogP contribution in [-0.4, -0.2) is 22.2 Å². The number of aromatic nitrogens is 1. The highest BCUT2D eigenvalue weighted by molar-refractivity contribution is 5.21. The minimum Gasteiger partial charge on any atom is -0.392 e. The zero-order chi connectivity index (χ0) is 10.7. The Morgan fingerprint density at radius 2 is 2.40 bits per heavy atom. The molecule has 2 N–H and O–H groups in total. The van der Waals surface area contributed by atoms with E-state index in [1.54, 1.807) is 0 Å². The highest BCUT2D eigenvalue weighted by Gasteiger charge is 2.24. The standard InChI is InChI=1S/C12H18N2O/c1-9-5-6-13-7-10(9)8-14-11-3-2-4-12(11)15/h5-7,11-12,14-15H,2-4,8H2,1H3/t11-,12-/m0/s1. The number of aryl methyl sites for hydroxylation is 1. The van der Waals surface area contributed by atoms with E-state index in [1.807, 2.05) is 18.5 Å². The Bertz CT molecular complexity index is 327. The van der Waals surface area contributed by atoms with Crippen LogP contribution in [0.2, 0.25) is 0 Å². The summed E-state index contributed by atoms with van der Waals surface area (Å²) in [4.78, 5) is 4.11. The molecular formula is C12H18N2O. The monoisotopic (exact) mass is 206 g/mol. The first-order valence-electron chi connectivity index (χ1n) is 5.58. The highest BCUT2D eigenvalue weighted by atomic mass is 16.3. The van der Waals surface area contributed by atoms with Gasteiger partial charge in [-0.05, 0) is 43.4 Å². The molecule has 0 aromatic carbocycles. The topological polar surface area (TPSA) is 45.2 Å². The molecule has 2 atom stereocenters. The maximum atomic E-state index is 9.66. The molecule has 1 aromatic rings. The second kappa shape index (κ2) is 4.73. The predicted molar refractivity (Wildman–Crippen MR) is 59.5 cm³/mol. The van der Waals surface area contributed by atoms with Gasteiger partial charge < -0.3 is 10.4 Å². The zero-order valence-electron chi connectivity index (χ0n) is 9.11. The number of aliphatic hydroxyl groups is 1. The van der Waals surface area contributed by atoms with Gasteiger partial charge in [0.15, 0.2) is 0 Å². The second-order valence-corrected chi connectivity index (χ2v) is 4.29. The molecule has 82 valence electrons. The fourth-order valence-electron chi connectivity index (χ4n) is 2.10. The molecule has 1 aromatic heterocycles. The third kappa shape index (κ3) is 2.55. The first-order chi connectivity index (χ1) is 7.27. The third-order valence-electron chi connectivity index (χ3n) is 3.18. The summed E-state index contributed by atoms with van der Waals surface area (Å²) in [6.07, 6.45) is 6.68. The summed E-state index contributed by atoms with van der Waals surface area (Å²) in [7, 11) is 0. The van der Waals surface area contributed by atoms with Crippen molar-refractivity contribution in [3.8, 4) is 0 Å². The molecular weight excluding hydrogens is 188 g/mol. The molecule has 1 aliphatic carbocycles. The summed E-state index contributed by atoms with van der Waals surface area (Å²) < 4.78 is 0. The number of hydrogen-bond acceptors (Lipinski definition) is 3. The summed E-state index contributed by atoms with van der Waals surface area (Å²) in [5.41, 5.74) is 2.47. The van der Waals surface area contributed by atoms with Crippen molar-refractivity contribution < 1.29 is 5.11 Å². The Balaban J connectivity index is 1.90. The van der Waals surface area contributed by atoms with Crippen LogP contribution >= 0.6 is 0 Å². The minimum atomic E-state index is -0.165. The average Bonchev–Trinajstić information content (AvgIpc) is 2.63. The minimum absolute atomic E-state index is 0.165. The first kappa shape index (κ1) is 10.6. The lowest BCUT2D eigenvalue weighted by Crippen LogP contribution is -2.35. The van der Waals surface area contributed by atoms with E-state index in [0.717, 1.165) is 25.8 Å². The van der Waals surface area contributed by atoms with Gasteiger partial charge in [0.05, 0.1) is 6.10 Å². The van der Waals surface area contributed by atoms with Gasteiger partial charge in [0, 0.05) is 25.0 Å². The lowest BCUT2D eigenvalue weighted by atomic mass is 10.1. The third-order valence-corrected chi connectivity index (χ3v) is 3.18. The van der Waals surface area contributed by atoms with Gasteiger partial charge in [-0.1, -0.05) is 0 Å². The summed E-state index contributed by atoms with van der Waals surface area (Å²) in [5.74, 6) is 0. The van der Waals surface area contributed by atoms with E-state index in [1.165, 1.54) is 11.1 Å². The fraction of sp³-hybridized carbons (Fsp3) is 0.583. The van der Waals surface area contributed by atoms with E-state index in [-0.39, 0.29) is 12.1 Å².